The van der Waals surface area contributed by atoms with Gasteiger partial charge in [0.15, 0.2) is 0 Å². The highest BCUT2D eigenvalue weighted by atomic mass is 16.6. The highest BCUT2D eigenvalue weighted by Gasteiger charge is 2.72. The Kier molecular flexibility index (Phi) is 9.47. The third-order valence-corrected chi connectivity index (χ3v) is 12.6. The van der Waals surface area contributed by atoms with Crippen LogP contribution in [-0.4, -0.2) is 75.6 Å². The van der Waals surface area contributed by atoms with E-state index in [1.165, 1.54) is 0 Å². The average molecular weight is 636 g/mol. The number of rotatable bonds is 6. The molecule has 2 bridgehead atoms. The van der Waals surface area contributed by atoms with Crippen LogP contribution in [0.4, 0.5) is 4.79 Å². The van der Waals surface area contributed by atoms with Gasteiger partial charge in [-0.3, -0.25) is 4.79 Å². The van der Waals surface area contributed by atoms with Crippen molar-refractivity contribution in [2.75, 3.05) is 6.61 Å². The quantitative estimate of drug-likeness (QED) is 0.226. The lowest BCUT2D eigenvalue weighted by Gasteiger charge is -2.70. The third kappa shape index (κ3) is 5.76. The molecule has 1 heterocycles. The van der Waals surface area contributed by atoms with Crippen molar-refractivity contribution in [1.29, 1.82) is 0 Å². The first-order valence-corrected chi connectivity index (χ1v) is 17.0. The zero-order chi connectivity index (χ0) is 34.2. The second kappa shape index (κ2) is 11.8. The summed E-state index contributed by atoms with van der Waals surface area (Å²) < 4.78 is 17.8. The summed E-state index contributed by atoms with van der Waals surface area (Å²) in [6, 6.07) is -0.528. The van der Waals surface area contributed by atoms with E-state index in [1.54, 1.807) is 27.7 Å². The Morgan fingerprint density at radius 1 is 1.09 bits per heavy atom. The van der Waals surface area contributed by atoms with Gasteiger partial charge < -0.3 is 34.8 Å². The van der Waals surface area contributed by atoms with E-state index in [2.05, 4.69) is 33.0 Å². The number of esters is 1. The summed E-state index contributed by atoms with van der Waals surface area (Å²) in [5, 5.41) is 40.0. The van der Waals surface area contributed by atoms with Gasteiger partial charge in [0.25, 0.3) is 0 Å². The summed E-state index contributed by atoms with van der Waals surface area (Å²) in [6.45, 7) is 25.9. The summed E-state index contributed by atoms with van der Waals surface area (Å²) in [7, 11) is 0. The SMILES string of the molecule is CC1=C2[C@H](O)[C@H](O)[C@@]3(C)[C@H]([C@H](C)[C@](O)(C[C@@H]1OC(=O)[C@H](C)[C@H](CC(C)C)NC(=O)OC(C)(C)C)C2(C)C)[C@]1(C)CO[C@@H]1C[C@@H]3C. The van der Waals surface area contributed by atoms with Gasteiger partial charge >= 0.3 is 12.1 Å². The van der Waals surface area contributed by atoms with Gasteiger partial charge in [-0.1, -0.05) is 55.4 Å². The van der Waals surface area contributed by atoms with Crippen LogP contribution in [-0.2, 0) is 19.0 Å². The molecular weight excluding hydrogens is 574 g/mol. The minimum absolute atomic E-state index is 0.0219. The lowest BCUT2D eigenvalue weighted by Crippen LogP contribution is -2.74. The minimum atomic E-state index is -1.37. The van der Waals surface area contributed by atoms with E-state index in [0.29, 0.717) is 24.2 Å². The van der Waals surface area contributed by atoms with Crippen LogP contribution in [0, 0.1) is 45.8 Å². The molecule has 12 atom stereocenters. The van der Waals surface area contributed by atoms with E-state index >= 15 is 0 Å². The van der Waals surface area contributed by atoms with Gasteiger partial charge in [0.05, 0.1) is 30.3 Å². The molecule has 0 radical (unpaired) electrons. The number of alkyl carbamates (subject to hydrolysis) is 1. The van der Waals surface area contributed by atoms with Crippen LogP contribution < -0.4 is 5.32 Å². The molecule has 4 aliphatic rings. The van der Waals surface area contributed by atoms with Crippen LogP contribution in [0.2, 0.25) is 0 Å². The van der Waals surface area contributed by atoms with Crippen molar-refractivity contribution in [3.05, 3.63) is 11.1 Å². The maximum absolute atomic E-state index is 13.8. The number of aliphatic hydroxyl groups excluding tert-OH is 2. The molecule has 9 heteroatoms. The standard InChI is InChI=1S/C36H61NO8/c1-18(2)14-23(37-31(41)45-32(7,8)9)20(4)30(40)44-24-16-36(42)22(6)28-34(12)17-43-25(34)15-19(3)35(28,13)29(39)27(38)26(21(24)5)33(36,10)11/h18-20,22-25,27-29,38-39,42H,14-17H2,1-13H3,(H,37,41)/t19-,20+,22-,23-,24-,25+,27-,28+,29-,34+,35+,36+/m0/s1. The number of carbonyl (C=O) groups excluding carboxylic acids is 2. The van der Waals surface area contributed by atoms with E-state index in [9.17, 15) is 24.9 Å². The van der Waals surface area contributed by atoms with Gasteiger partial charge in [-0.15, -0.1) is 0 Å². The van der Waals surface area contributed by atoms with Crippen LogP contribution >= 0.6 is 0 Å². The van der Waals surface area contributed by atoms with Crippen molar-refractivity contribution >= 4 is 12.1 Å². The van der Waals surface area contributed by atoms with Gasteiger partial charge in [-0.05, 0) is 82.3 Å². The summed E-state index contributed by atoms with van der Waals surface area (Å²) in [4.78, 5) is 26.5. The average Bonchev–Trinajstić information content (AvgIpc) is 2.89. The number of hydrogen-bond acceptors (Lipinski definition) is 8. The number of amides is 1. The van der Waals surface area contributed by atoms with Gasteiger partial charge in [0.1, 0.15) is 17.8 Å². The summed E-state index contributed by atoms with van der Waals surface area (Å²) in [5.41, 5.74) is -2.73. The molecule has 0 aromatic rings. The molecule has 2 saturated carbocycles. The zero-order valence-electron chi connectivity index (χ0n) is 30.0. The smallest absolute Gasteiger partial charge is 0.407 e. The number of ether oxygens (including phenoxy) is 3. The Labute approximate surface area is 270 Å². The van der Waals surface area contributed by atoms with Gasteiger partial charge in [0, 0.05) is 28.7 Å². The fourth-order valence-electron chi connectivity index (χ4n) is 9.89. The Balaban J connectivity index is 1.72. The fraction of sp³-hybridized carbons (Fsp3) is 0.889. The first-order chi connectivity index (χ1) is 20.4. The first kappa shape index (κ1) is 36.2. The molecular formula is C36H61NO8. The monoisotopic (exact) mass is 635 g/mol. The molecule has 3 aliphatic carbocycles. The lowest BCUT2D eigenvalue weighted by atomic mass is 9.39. The molecule has 1 saturated heterocycles. The van der Waals surface area contributed by atoms with Gasteiger partial charge in [0.2, 0.25) is 0 Å². The van der Waals surface area contributed by atoms with Crippen molar-refractivity contribution in [3.8, 4) is 0 Å². The van der Waals surface area contributed by atoms with E-state index in [0.717, 1.165) is 6.42 Å². The van der Waals surface area contributed by atoms with Crippen molar-refractivity contribution in [3.63, 3.8) is 0 Å². The number of hydrogen-bond donors (Lipinski definition) is 4. The van der Waals surface area contributed by atoms with Crippen molar-refractivity contribution in [2.45, 2.75) is 151 Å². The molecule has 9 nitrogen and oxygen atoms in total. The second-order valence-corrected chi connectivity index (χ2v) is 17.4. The predicted molar refractivity (Wildman–Crippen MR) is 172 cm³/mol. The molecule has 1 aliphatic heterocycles. The molecule has 45 heavy (non-hydrogen) atoms. The number of aliphatic hydroxyl groups is 3. The molecule has 0 unspecified atom stereocenters. The van der Waals surface area contributed by atoms with Crippen molar-refractivity contribution < 1.29 is 39.1 Å². The second-order valence-electron chi connectivity index (χ2n) is 17.4. The molecule has 258 valence electrons. The van der Waals surface area contributed by atoms with E-state index in [-0.39, 0.29) is 41.6 Å². The van der Waals surface area contributed by atoms with Crippen LogP contribution in [0.1, 0.15) is 109 Å². The van der Waals surface area contributed by atoms with Crippen LogP contribution in [0.5, 0.6) is 0 Å². The van der Waals surface area contributed by atoms with Gasteiger partial charge in [-0.25, -0.2) is 4.79 Å². The molecule has 0 spiro atoms. The normalized spacial score (nSPS) is 42.3. The number of fused-ring (bicyclic) bond motifs is 5. The largest absolute Gasteiger partial charge is 0.457 e. The summed E-state index contributed by atoms with van der Waals surface area (Å²) in [6.07, 6.45) is -2.24. The Morgan fingerprint density at radius 2 is 1.69 bits per heavy atom. The summed E-state index contributed by atoms with van der Waals surface area (Å²) in [5.74, 6) is -1.44. The van der Waals surface area contributed by atoms with E-state index in [1.807, 2.05) is 34.6 Å². The zero-order valence-corrected chi connectivity index (χ0v) is 30.0. The Morgan fingerprint density at radius 3 is 2.20 bits per heavy atom. The maximum atomic E-state index is 13.8. The molecule has 4 rings (SSSR count). The first-order valence-electron chi connectivity index (χ1n) is 17.0. The van der Waals surface area contributed by atoms with Crippen molar-refractivity contribution in [1.82, 2.24) is 5.32 Å². The molecule has 0 aromatic heterocycles. The van der Waals surface area contributed by atoms with E-state index in [4.69, 9.17) is 14.2 Å². The Hall–Kier alpha value is -1.68. The fourth-order valence-corrected chi connectivity index (χ4v) is 9.89. The molecule has 1 amide bonds. The van der Waals surface area contributed by atoms with Crippen LogP contribution in [0.15, 0.2) is 11.1 Å². The van der Waals surface area contributed by atoms with Gasteiger partial charge in [-0.2, -0.15) is 0 Å². The lowest BCUT2D eigenvalue weighted by molar-refractivity contribution is -0.318. The number of carbonyl (C=O) groups is 2. The summed E-state index contributed by atoms with van der Waals surface area (Å²) >= 11 is 0. The molecule has 3 fully saturated rings. The molecule has 0 aromatic carbocycles. The minimum Gasteiger partial charge on any atom is -0.457 e. The topological polar surface area (TPSA) is 135 Å². The Bertz CT molecular complexity index is 1190. The van der Waals surface area contributed by atoms with E-state index < -0.39 is 64.4 Å². The highest BCUT2D eigenvalue weighted by Crippen LogP contribution is 2.68. The highest BCUT2D eigenvalue weighted by molar-refractivity contribution is 5.75. The molecule has 4 N–H and O–H groups in total. The third-order valence-electron chi connectivity index (χ3n) is 12.6. The van der Waals surface area contributed by atoms with Crippen LogP contribution in [0.25, 0.3) is 0 Å². The maximum Gasteiger partial charge on any atom is 0.407 e. The van der Waals surface area contributed by atoms with Crippen LogP contribution in [0.3, 0.4) is 0 Å². The predicted octanol–water partition coefficient (Wildman–Crippen LogP) is 5.39. The van der Waals surface area contributed by atoms with Crippen molar-refractivity contribution in [2.24, 2.45) is 45.8 Å². The number of nitrogens with one attached hydrogen (secondary N) is 1.